The molecule has 2 aromatic heterocycles. The Labute approximate surface area is 118 Å². The van der Waals surface area contributed by atoms with Gasteiger partial charge in [-0.2, -0.15) is 14.6 Å². The number of aromatic nitrogens is 4. The minimum Gasteiger partial charge on any atom is -0.307 e. The summed E-state index contributed by atoms with van der Waals surface area (Å²) in [4.78, 5) is 0. The number of hydrogen-bond acceptors (Lipinski definition) is 3. The number of halogens is 2. The summed E-state index contributed by atoms with van der Waals surface area (Å²) in [5.74, 6) is -0.243. The van der Waals surface area contributed by atoms with E-state index in [1.165, 1.54) is 4.68 Å². The van der Waals surface area contributed by atoms with Crippen molar-refractivity contribution in [3.05, 3.63) is 35.2 Å². The summed E-state index contributed by atoms with van der Waals surface area (Å²) in [6.45, 7) is 5.39. The first-order valence-electron chi connectivity index (χ1n) is 6.02. The molecule has 0 aliphatic rings. The molecule has 7 heteroatoms. The SMILES string of the molecule is CCn1nc(C)c(CNCc2ccnn2C)c1F.Cl. The van der Waals surface area contributed by atoms with Crippen molar-refractivity contribution in [2.75, 3.05) is 0 Å². The molecule has 2 aromatic rings. The van der Waals surface area contributed by atoms with Crippen LogP contribution in [0, 0.1) is 12.9 Å². The smallest absolute Gasteiger partial charge is 0.216 e. The zero-order valence-electron chi connectivity index (χ0n) is 11.4. The van der Waals surface area contributed by atoms with E-state index in [-0.39, 0.29) is 18.4 Å². The van der Waals surface area contributed by atoms with Crippen molar-refractivity contribution in [2.45, 2.75) is 33.5 Å². The van der Waals surface area contributed by atoms with Crippen molar-refractivity contribution in [2.24, 2.45) is 7.05 Å². The van der Waals surface area contributed by atoms with Crippen LogP contribution in [0.25, 0.3) is 0 Å². The molecule has 0 saturated carbocycles. The summed E-state index contributed by atoms with van der Waals surface area (Å²) < 4.78 is 17.1. The topological polar surface area (TPSA) is 47.7 Å². The molecular weight excluding hydrogens is 269 g/mol. The highest BCUT2D eigenvalue weighted by Gasteiger charge is 2.13. The van der Waals surface area contributed by atoms with Crippen LogP contribution in [0.3, 0.4) is 0 Å². The van der Waals surface area contributed by atoms with Crippen LogP contribution < -0.4 is 5.32 Å². The van der Waals surface area contributed by atoms with E-state index in [0.717, 1.165) is 11.4 Å². The quantitative estimate of drug-likeness (QED) is 0.912. The molecule has 106 valence electrons. The van der Waals surface area contributed by atoms with Crippen molar-refractivity contribution < 1.29 is 4.39 Å². The normalized spacial score (nSPS) is 10.5. The fraction of sp³-hybridized carbons (Fsp3) is 0.500. The Morgan fingerprint density at radius 2 is 2.11 bits per heavy atom. The molecule has 0 aromatic carbocycles. The largest absolute Gasteiger partial charge is 0.307 e. The highest BCUT2D eigenvalue weighted by Crippen LogP contribution is 2.12. The highest BCUT2D eigenvalue weighted by molar-refractivity contribution is 5.85. The zero-order valence-corrected chi connectivity index (χ0v) is 12.2. The van der Waals surface area contributed by atoms with Crippen molar-refractivity contribution in [3.8, 4) is 0 Å². The molecule has 0 radical (unpaired) electrons. The third kappa shape index (κ3) is 3.33. The Balaban J connectivity index is 0.00000180. The van der Waals surface area contributed by atoms with Gasteiger partial charge in [0, 0.05) is 38.4 Å². The van der Waals surface area contributed by atoms with E-state index >= 15 is 0 Å². The van der Waals surface area contributed by atoms with Crippen molar-refractivity contribution >= 4 is 12.4 Å². The average Bonchev–Trinajstić information content (AvgIpc) is 2.87. The van der Waals surface area contributed by atoms with Gasteiger partial charge in [-0.3, -0.25) is 4.68 Å². The zero-order chi connectivity index (χ0) is 13.1. The molecule has 0 atom stereocenters. The highest BCUT2D eigenvalue weighted by atomic mass is 35.5. The maximum Gasteiger partial charge on any atom is 0.216 e. The molecule has 2 heterocycles. The third-order valence-corrected chi connectivity index (χ3v) is 3.01. The van der Waals surface area contributed by atoms with Crippen LogP contribution in [0.2, 0.25) is 0 Å². The van der Waals surface area contributed by atoms with Gasteiger partial charge in [0.2, 0.25) is 5.95 Å². The second kappa shape index (κ2) is 6.68. The van der Waals surface area contributed by atoms with Gasteiger partial charge in [0.05, 0.1) is 11.4 Å². The molecule has 1 N–H and O–H groups in total. The summed E-state index contributed by atoms with van der Waals surface area (Å²) in [6.07, 6.45) is 1.75. The van der Waals surface area contributed by atoms with E-state index in [4.69, 9.17) is 0 Å². The van der Waals surface area contributed by atoms with Crippen LogP contribution in [0.4, 0.5) is 4.39 Å². The lowest BCUT2D eigenvalue weighted by Crippen LogP contribution is -2.16. The fourth-order valence-corrected chi connectivity index (χ4v) is 1.89. The Morgan fingerprint density at radius 3 is 2.63 bits per heavy atom. The van der Waals surface area contributed by atoms with E-state index in [1.54, 1.807) is 10.9 Å². The van der Waals surface area contributed by atoms with Gasteiger partial charge in [0.15, 0.2) is 0 Å². The summed E-state index contributed by atoms with van der Waals surface area (Å²) in [5.41, 5.74) is 2.45. The second-order valence-corrected chi connectivity index (χ2v) is 4.22. The Morgan fingerprint density at radius 1 is 1.37 bits per heavy atom. The average molecular weight is 288 g/mol. The molecule has 19 heavy (non-hydrogen) atoms. The van der Waals surface area contributed by atoms with Gasteiger partial charge >= 0.3 is 0 Å². The lowest BCUT2D eigenvalue weighted by atomic mass is 10.2. The molecule has 2 rings (SSSR count). The maximum atomic E-state index is 13.9. The monoisotopic (exact) mass is 287 g/mol. The van der Waals surface area contributed by atoms with Crippen molar-refractivity contribution in [3.63, 3.8) is 0 Å². The van der Waals surface area contributed by atoms with Gasteiger partial charge in [-0.1, -0.05) is 0 Å². The van der Waals surface area contributed by atoms with Gasteiger partial charge in [-0.15, -0.1) is 12.4 Å². The number of nitrogens with zero attached hydrogens (tertiary/aromatic N) is 4. The van der Waals surface area contributed by atoms with Gasteiger partial charge in [0.25, 0.3) is 0 Å². The van der Waals surface area contributed by atoms with Crippen LogP contribution in [0.15, 0.2) is 12.3 Å². The van der Waals surface area contributed by atoms with Crippen molar-refractivity contribution in [1.29, 1.82) is 0 Å². The molecular formula is C12H19ClFN5. The molecule has 0 unspecified atom stereocenters. The van der Waals surface area contributed by atoms with E-state index < -0.39 is 0 Å². The van der Waals surface area contributed by atoms with E-state index in [2.05, 4.69) is 15.5 Å². The number of aryl methyl sites for hydroxylation is 3. The molecule has 0 aliphatic carbocycles. The molecule has 0 bridgehead atoms. The van der Waals surface area contributed by atoms with Gasteiger partial charge in [-0.05, 0) is 19.9 Å². The molecule has 0 spiro atoms. The number of nitrogens with one attached hydrogen (secondary N) is 1. The lowest BCUT2D eigenvalue weighted by Gasteiger charge is -2.04. The standard InChI is InChI=1S/C12H18FN5.ClH/c1-4-18-12(13)11(9(2)16-18)8-14-7-10-5-6-15-17(10)3;/h5-6,14H,4,7-8H2,1-3H3;1H. The first-order valence-corrected chi connectivity index (χ1v) is 6.02. The molecule has 5 nitrogen and oxygen atoms in total. The van der Waals surface area contributed by atoms with Gasteiger partial charge < -0.3 is 5.32 Å². The van der Waals surface area contributed by atoms with Crippen LogP contribution in [0.5, 0.6) is 0 Å². The number of hydrogen-bond donors (Lipinski definition) is 1. The molecule has 0 fully saturated rings. The van der Waals surface area contributed by atoms with Crippen LogP contribution >= 0.6 is 12.4 Å². The molecule has 0 saturated heterocycles. The summed E-state index contributed by atoms with van der Waals surface area (Å²) in [7, 11) is 1.89. The van der Waals surface area contributed by atoms with Crippen LogP contribution in [0.1, 0.15) is 23.9 Å². The maximum absolute atomic E-state index is 13.9. The first kappa shape index (κ1) is 15.7. The second-order valence-electron chi connectivity index (χ2n) is 4.22. The Hall–Kier alpha value is -1.40. The van der Waals surface area contributed by atoms with Gasteiger partial charge in [0.1, 0.15) is 0 Å². The van der Waals surface area contributed by atoms with E-state index in [9.17, 15) is 4.39 Å². The lowest BCUT2D eigenvalue weighted by molar-refractivity contribution is 0.459. The predicted octanol–water partition coefficient (Wildman–Crippen LogP) is 1.80. The Kier molecular flexibility index (Phi) is 5.50. The Bertz CT molecular complexity index is 534. The molecule has 0 aliphatic heterocycles. The molecule has 0 amide bonds. The minimum atomic E-state index is -0.243. The van der Waals surface area contributed by atoms with E-state index in [0.29, 0.717) is 25.2 Å². The van der Waals surface area contributed by atoms with Crippen LogP contribution in [-0.2, 0) is 26.7 Å². The minimum absolute atomic E-state index is 0. The van der Waals surface area contributed by atoms with Gasteiger partial charge in [-0.25, -0.2) is 4.68 Å². The third-order valence-electron chi connectivity index (χ3n) is 3.01. The fourth-order valence-electron chi connectivity index (χ4n) is 1.89. The van der Waals surface area contributed by atoms with E-state index in [1.807, 2.05) is 27.0 Å². The summed E-state index contributed by atoms with van der Waals surface area (Å²) in [6, 6.07) is 1.94. The van der Waals surface area contributed by atoms with Crippen LogP contribution in [-0.4, -0.2) is 19.6 Å². The van der Waals surface area contributed by atoms with Crippen molar-refractivity contribution in [1.82, 2.24) is 24.9 Å². The number of rotatable bonds is 5. The summed E-state index contributed by atoms with van der Waals surface area (Å²) in [5, 5.41) is 11.4. The predicted molar refractivity (Wildman–Crippen MR) is 73.6 cm³/mol. The summed E-state index contributed by atoms with van der Waals surface area (Å²) >= 11 is 0. The first-order chi connectivity index (χ1) is 8.63.